The molecule has 96 valence electrons. The van der Waals surface area contributed by atoms with Gasteiger partial charge in [-0.2, -0.15) is 0 Å². The molecule has 1 aromatic heterocycles. The van der Waals surface area contributed by atoms with Crippen LogP contribution in [0.2, 0.25) is 0 Å². The van der Waals surface area contributed by atoms with Gasteiger partial charge in [-0.25, -0.2) is 4.99 Å². The van der Waals surface area contributed by atoms with Gasteiger partial charge in [0.15, 0.2) is 5.96 Å². The Kier molecular flexibility index (Phi) is 6.09. The number of nitrogens with zero attached hydrogens (tertiary/aromatic N) is 2. The molecule has 6 nitrogen and oxygen atoms in total. The first-order valence-electron chi connectivity index (χ1n) is 5.69. The van der Waals surface area contributed by atoms with Crippen molar-refractivity contribution in [3.8, 4) is 0 Å². The lowest BCUT2D eigenvalue weighted by Gasteiger charge is -2.16. The van der Waals surface area contributed by atoms with E-state index in [2.05, 4.69) is 20.8 Å². The summed E-state index contributed by atoms with van der Waals surface area (Å²) in [4.78, 5) is 4.39. The number of ether oxygens (including phenoxy) is 1. The maximum Gasteiger partial charge on any atom is 0.191 e. The second kappa shape index (κ2) is 7.67. The van der Waals surface area contributed by atoms with Crippen LogP contribution in [0.5, 0.6) is 0 Å². The zero-order valence-corrected chi connectivity index (χ0v) is 10.6. The predicted octanol–water partition coefficient (Wildman–Crippen LogP) is 0.765. The summed E-state index contributed by atoms with van der Waals surface area (Å²) in [5.41, 5.74) is 0.807. The third-order valence-electron chi connectivity index (χ3n) is 2.03. The fraction of sp³-hybridized carbons (Fsp3) is 0.636. The van der Waals surface area contributed by atoms with Gasteiger partial charge in [0, 0.05) is 25.8 Å². The van der Waals surface area contributed by atoms with Crippen molar-refractivity contribution in [1.82, 2.24) is 15.8 Å². The molecule has 0 radical (unpaired) electrons. The van der Waals surface area contributed by atoms with E-state index in [0.717, 1.165) is 18.2 Å². The van der Waals surface area contributed by atoms with Crippen LogP contribution in [0.1, 0.15) is 19.5 Å². The third kappa shape index (κ3) is 5.35. The zero-order valence-electron chi connectivity index (χ0n) is 10.6. The Morgan fingerprint density at radius 2 is 2.47 bits per heavy atom. The molecule has 2 N–H and O–H groups in total. The molecule has 0 aliphatic rings. The summed E-state index contributed by atoms with van der Waals surface area (Å²) in [6, 6.07) is 2.00. The molecule has 0 saturated heterocycles. The quantitative estimate of drug-likeness (QED) is 0.567. The minimum atomic E-state index is 0.204. The molecule has 1 aromatic rings. The molecule has 0 aromatic carbocycles. The van der Waals surface area contributed by atoms with E-state index in [1.165, 1.54) is 0 Å². The highest BCUT2D eigenvalue weighted by atomic mass is 16.5. The van der Waals surface area contributed by atoms with E-state index >= 15 is 0 Å². The molecule has 0 fully saturated rings. The van der Waals surface area contributed by atoms with Gasteiger partial charge in [-0.05, 0) is 13.8 Å². The summed E-state index contributed by atoms with van der Waals surface area (Å²) in [6.45, 7) is 5.99. The van der Waals surface area contributed by atoms with Crippen LogP contribution in [0.3, 0.4) is 0 Å². The number of aliphatic imine (C=N–C) groups is 1. The number of rotatable bonds is 6. The highest BCUT2D eigenvalue weighted by Gasteiger charge is 2.04. The summed E-state index contributed by atoms with van der Waals surface area (Å²) in [5, 5.41) is 10.2. The first-order chi connectivity index (χ1) is 8.26. The van der Waals surface area contributed by atoms with Gasteiger partial charge in [-0.15, -0.1) is 0 Å². The number of hydrogen-bond acceptors (Lipinski definition) is 4. The number of hydrogen-bond donors (Lipinski definition) is 2. The number of nitrogens with one attached hydrogen (secondary N) is 2. The summed E-state index contributed by atoms with van der Waals surface area (Å²) in [5.74, 6) is 0.750. The largest absolute Gasteiger partial charge is 0.383 e. The third-order valence-corrected chi connectivity index (χ3v) is 2.03. The fourth-order valence-corrected chi connectivity index (χ4v) is 1.32. The van der Waals surface area contributed by atoms with E-state index in [1.54, 1.807) is 19.4 Å². The molecule has 6 heteroatoms. The molecular weight excluding hydrogens is 220 g/mol. The van der Waals surface area contributed by atoms with Crippen molar-refractivity contribution in [3.05, 3.63) is 18.0 Å². The van der Waals surface area contributed by atoms with Crippen molar-refractivity contribution >= 4 is 5.96 Å². The summed E-state index contributed by atoms with van der Waals surface area (Å²) >= 11 is 0. The lowest BCUT2D eigenvalue weighted by atomic mass is 10.4. The van der Waals surface area contributed by atoms with Gasteiger partial charge in [-0.3, -0.25) is 0 Å². The van der Waals surface area contributed by atoms with Crippen LogP contribution in [0, 0.1) is 0 Å². The number of guanidine groups is 1. The lowest BCUT2D eigenvalue weighted by Crippen LogP contribution is -2.43. The molecule has 1 rings (SSSR count). The fourth-order valence-electron chi connectivity index (χ4n) is 1.32. The highest BCUT2D eigenvalue weighted by molar-refractivity contribution is 5.80. The van der Waals surface area contributed by atoms with Crippen LogP contribution in [-0.2, 0) is 11.3 Å². The van der Waals surface area contributed by atoms with Crippen molar-refractivity contribution < 1.29 is 9.26 Å². The van der Waals surface area contributed by atoms with Crippen molar-refractivity contribution in [2.24, 2.45) is 4.99 Å². The molecule has 0 aliphatic heterocycles. The van der Waals surface area contributed by atoms with Gasteiger partial charge in [0.05, 0.1) is 13.2 Å². The van der Waals surface area contributed by atoms with Gasteiger partial charge >= 0.3 is 0 Å². The predicted molar refractivity (Wildman–Crippen MR) is 65.8 cm³/mol. The van der Waals surface area contributed by atoms with Crippen molar-refractivity contribution in [1.29, 1.82) is 0 Å². The molecule has 17 heavy (non-hydrogen) atoms. The van der Waals surface area contributed by atoms with Gasteiger partial charge in [0.2, 0.25) is 0 Å². The Balaban J connectivity index is 2.48. The Morgan fingerprint density at radius 1 is 1.65 bits per heavy atom. The first kappa shape index (κ1) is 13.5. The lowest BCUT2D eigenvalue weighted by molar-refractivity contribution is 0.179. The average Bonchev–Trinajstić information content (AvgIpc) is 2.79. The Morgan fingerprint density at radius 3 is 3.06 bits per heavy atom. The van der Waals surface area contributed by atoms with E-state index in [-0.39, 0.29) is 6.04 Å². The maximum absolute atomic E-state index is 5.06. The normalized spacial score (nSPS) is 13.5. The summed E-state index contributed by atoms with van der Waals surface area (Å²) < 4.78 is 9.81. The van der Waals surface area contributed by atoms with E-state index < -0.39 is 0 Å². The second-order valence-electron chi connectivity index (χ2n) is 3.69. The van der Waals surface area contributed by atoms with Gasteiger partial charge in [-0.1, -0.05) is 5.16 Å². The first-order valence-corrected chi connectivity index (χ1v) is 5.69. The van der Waals surface area contributed by atoms with E-state index in [1.807, 2.05) is 13.8 Å². The van der Waals surface area contributed by atoms with Crippen LogP contribution < -0.4 is 10.6 Å². The van der Waals surface area contributed by atoms with Crippen molar-refractivity contribution in [2.75, 3.05) is 20.3 Å². The number of aromatic nitrogens is 1. The van der Waals surface area contributed by atoms with Crippen LogP contribution in [-0.4, -0.2) is 37.4 Å². The summed E-state index contributed by atoms with van der Waals surface area (Å²) in [6.07, 6.45) is 1.54. The Bertz CT molecular complexity index is 324. The smallest absolute Gasteiger partial charge is 0.191 e. The molecular formula is C11H20N4O2. The van der Waals surface area contributed by atoms with Gasteiger partial charge in [0.25, 0.3) is 0 Å². The van der Waals surface area contributed by atoms with Crippen LogP contribution in [0.25, 0.3) is 0 Å². The molecule has 1 atom stereocenters. The average molecular weight is 240 g/mol. The van der Waals surface area contributed by atoms with E-state index in [9.17, 15) is 0 Å². The topological polar surface area (TPSA) is 71.7 Å². The molecule has 0 bridgehead atoms. The Hall–Kier alpha value is -1.56. The Labute approximate surface area is 101 Å². The van der Waals surface area contributed by atoms with Crippen LogP contribution >= 0.6 is 0 Å². The second-order valence-corrected chi connectivity index (χ2v) is 3.69. The number of methoxy groups -OCH3 is 1. The monoisotopic (exact) mass is 240 g/mol. The van der Waals surface area contributed by atoms with Crippen molar-refractivity contribution in [3.63, 3.8) is 0 Å². The van der Waals surface area contributed by atoms with Crippen LogP contribution in [0.15, 0.2) is 21.8 Å². The van der Waals surface area contributed by atoms with Crippen molar-refractivity contribution in [2.45, 2.75) is 26.4 Å². The molecule has 0 amide bonds. The van der Waals surface area contributed by atoms with Crippen LogP contribution in [0.4, 0.5) is 0 Å². The minimum absolute atomic E-state index is 0.204. The molecule has 1 unspecified atom stereocenters. The maximum atomic E-state index is 5.06. The van der Waals surface area contributed by atoms with Gasteiger partial charge < -0.3 is 19.9 Å². The molecule has 0 spiro atoms. The SMILES string of the molecule is CCNC(=NCc1ccon1)NC(C)COC. The summed E-state index contributed by atoms with van der Waals surface area (Å²) in [7, 11) is 1.68. The van der Waals surface area contributed by atoms with E-state index in [4.69, 9.17) is 9.26 Å². The molecule has 0 aliphatic carbocycles. The van der Waals surface area contributed by atoms with E-state index in [0.29, 0.717) is 13.2 Å². The van der Waals surface area contributed by atoms with Gasteiger partial charge in [0.1, 0.15) is 12.0 Å². The molecule has 0 saturated carbocycles. The minimum Gasteiger partial charge on any atom is -0.383 e. The standard InChI is InChI=1S/C11H20N4O2/c1-4-12-11(14-9(2)8-16-3)13-7-10-5-6-17-15-10/h5-6,9H,4,7-8H2,1-3H3,(H2,12,13,14). The highest BCUT2D eigenvalue weighted by Crippen LogP contribution is 1.96. The zero-order chi connectivity index (χ0) is 12.5. The molecule has 1 heterocycles.